The van der Waals surface area contributed by atoms with E-state index in [1.54, 1.807) is 0 Å². The van der Waals surface area contributed by atoms with Gasteiger partial charge in [-0.2, -0.15) is 0 Å². The molecule has 1 aliphatic rings. The molecule has 2 rings (SSSR count). The topological polar surface area (TPSA) is 119 Å². The summed E-state index contributed by atoms with van der Waals surface area (Å²) in [4.78, 5) is 7.53. The number of nitrogens with zero attached hydrogens (tertiary/aromatic N) is 2. The summed E-state index contributed by atoms with van der Waals surface area (Å²) in [5, 5.41) is 0. The number of hydrogen-bond acceptors (Lipinski definition) is 7. The summed E-state index contributed by atoms with van der Waals surface area (Å²) in [7, 11) is -3.61. The third-order valence-corrected chi connectivity index (χ3v) is 4.78. The molecule has 0 bridgehead atoms. The van der Waals surface area contributed by atoms with Crippen LogP contribution in [0.3, 0.4) is 0 Å². The van der Waals surface area contributed by atoms with Crippen LogP contribution < -0.4 is 16.0 Å². The van der Waals surface area contributed by atoms with Crippen LogP contribution >= 0.6 is 0 Å². The zero-order chi connectivity index (χ0) is 15.1. The van der Waals surface area contributed by atoms with E-state index in [0.717, 1.165) is 12.8 Å². The zero-order valence-corrected chi connectivity index (χ0v) is 12.6. The molecule has 118 valence electrons. The summed E-state index contributed by atoms with van der Waals surface area (Å²) < 4.78 is 32.1. The van der Waals surface area contributed by atoms with Gasteiger partial charge < -0.3 is 4.74 Å². The first-order valence-electron chi connectivity index (χ1n) is 7.02. The quantitative estimate of drug-likeness (QED) is 0.378. The summed E-state index contributed by atoms with van der Waals surface area (Å²) >= 11 is 0. The van der Waals surface area contributed by atoms with Crippen LogP contribution in [0.5, 0.6) is 0 Å². The molecule has 0 saturated heterocycles. The third kappa shape index (κ3) is 4.88. The van der Waals surface area contributed by atoms with Crippen LogP contribution in [0.15, 0.2) is 17.3 Å². The lowest BCUT2D eigenvalue weighted by atomic mass is 9.98. The van der Waals surface area contributed by atoms with Gasteiger partial charge in [0.1, 0.15) is 4.90 Å². The lowest BCUT2D eigenvalue weighted by Gasteiger charge is -2.21. The molecule has 1 aromatic rings. The van der Waals surface area contributed by atoms with Crippen molar-refractivity contribution in [3.63, 3.8) is 0 Å². The Hall–Kier alpha value is -1.29. The number of sulfonamides is 1. The van der Waals surface area contributed by atoms with Crippen LogP contribution in [0.4, 0.5) is 5.95 Å². The van der Waals surface area contributed by atoms with Crippen LogP contribution in [0.1, 0.15) is 32.1 Å². The smallest absolute Gasteiger partial charge is 0.243 e. The molecule has 9 heteroatoms. The van der Waals surface area contributed by atoms with Gasteiger partial charge in [-0.15, -0.1) is 0 Å². The Morgan fingerprint density at radius 3 is 2.52 bits per heavy atom. The molecule has 0 spiro atoms. The average Bonchev–Trinajstić information content (AvgIpc) is 2.53. The van der Waals surface area contributed by atoms with Crippen LogP contribution in [0, 0.1) is 0 Å². The Bertz CT molecular complexity index is 528. The summed E-state index contributed by atoms with van der Waals surface area (Å²) in [6, 6.07) is 0. The standard InChI is InChI=1S/C12H21N5O3S/c13-17-12-14-8-11(9-15-12)21(18,19)16-6-7-20-10-4-2-1-3-5-10/h8-10,16H,1-7,13H2,(H,14,15,17). The number of ether oxygens (including phenoxy) is 1. The molecule has 0 aliphatic heterocycles. The van der Waals surface area contributed by atoms with Crippen molar-refractivity contribution in [3.05, 3.63) is 12.4 Å². The van der Waals surface area contributed by atoms with E-state index in [1.165, 1.54) is 31.7 Å². The molecular formula is C12H21N5O3S. The summed E-state index contributed by atoms with van der Waals surface area (Å²) in [6.45, 7) is 0.600. The second kappa shape index (κ2) is 7.64. The molecule has 21 heavy (non-hydrogen) atoms. The van der Waals surface area contributed by atoms with E-state index in [2.05, 4.69) is 20.1 Å². The lowest BCUT2D eigenvalue weighted by Crippen LogP contribution is -2.29. The number of anilines is 1. The van der Waals surface area contributed by atoms with Crippen molar-refractivity contribution in [2.45, 2.75) is 43.1 Å². The first-order chi connectivity index (χ1) is 10.1. The molecule has 1 fully saturated rings. The van der Waals surface area contributed by atoms with Crippen LogP contribution in [-0.4, -0.2) is 37.6 Å². The van der Waals surface area contributed by atoms with Gasteiger partial charge in [0.15, 0.2) is 0 Å². The predicted octanol–water partition coefficient (Wildman–Crippen LogP) is 0.390. The van der Waals surface area contributed by atoms with Gasteiger partial charge in [-0.05, 0) is 12.8 Å². The van der Waals surface area contributed by atoms with Crippen molar-refractivity contribution >= 4 is 16.0 Å². The Morgan fingerprint density at radius 1 is 1.24 bits per heavy atom. The zero-order valence-electron chi connectivity index (χ0n) is 11.8. The highest BCUT2D eigenvalue weighted by molar-refractivity contribution is 7.89. The molecule has 1 saturated carbocycles. The van der Waals surface area contributed by atoms with Crippen molar-refractivity contribution in [1.82, 2.24) is 14.7 Å². The molecule has 0 atom stereocenters. The minimum atomic E-state index is -3.61. The maximum Gasteiger partial charge on any atom is 0.243 e. The number of hydrazine groups is 1. The molecule has 0 aromatic carbocycles. The number of nitrogens with two attached hydrogens (primary N) is 1. The number of rotatable bonds is 7. The second-order valence-electron chi connectivity index (χ2n) is 4.92. The van der Waals surface area contributed by atoms with Gasteiger partial charge in [0.25, 0.3) is 0 Å². The van der Waals surface area contributed by atoms with Gasteiger partial charge in [0, 0.05) is 6.54 Å². The number of hydrogen-bond donors (Lipinski definition) is 3. The molecule has 0 amide bonds. The summed E-state index contributed by atoms with van der Waals surface area (Å²) in [6.07, 6.45) is 8.44. The van der Waals surface area contributed by atoms with E-state index in [0.29, 0.717) is 6.61 Å². The molecule has 0 radical (unpaired) electrons. The molecular weight excluding hydrogens is 294 g/mol. The van der Waals surface area contributed by atoms with Crippen molar-refractivity contribution < 1.29 is 13.2 Å². The molecule has 1 aliphatic carbocycles. The minimum Gasteiger partial charge on any atom is -0.377 e. The fourth-order valence-corrected chi connectivity index (χ4v) is 3.15. The Balaban J connectivity index is 1.77. The van der Waals surface area contributed by atoms with Gasteiger partial charge in [-0.25, -0.2) is 29.0 Å². The van der Waals surface area contributed by atoms with Crippen LogP contribution in [0.25, 0.3) is 0 Å². The van der Waals surface area contributed by atoms with Gasteiger partial charge in [-0.1, -0.05) is 19.3 Å². The highest BCUT2D eigenvalue weighted by Gasteiger charge is 2.16. The van der Waals surface area contributed by atoms with Gasteiger partial charge in [0.2, 0.25) is 16.0 Å². The van der Waals surface area contributed by atoms with E-state index in [-0.39, 0.29) is 23.5 Å². The Kier molecular flexibility index (Phi) is 5.85. The Labute approximate surface area is 124 Å². The van der Waals surface area contributed by atoms with E-state index >= 15 is 0 Å². The number of nitrogen functional groups attached to an aromatic ring is 1. The van der Waals surface area contributed by atoms with Gasteiger partial charge >= 0.3 is 0 Å². The normalized spacial score (nSPS) is 16.8. The van der Waals surface area contributed by atoms with E-state index in [1.807, 2.05) is 0 Å². The maximum absolute atomic E-state index is 12.0. The molecule has 8 nitrogen and oxygen atoms in total. The highest BCUT2D eigenvalue weighted by Crippen LogP contribution is 2.19. The molecule has 1 heterocycles. The predicted molar refractivity (Wildman–Crippen MR) is 77.9 cm³/mol. The first kappa shape index (κ1) is 16.1. The largest absolute Gasteiger partial charge is 0.377 e. The average molecular weight is 315 g/mol. The molecule has 0 unspecified atom stereocenters. The minimum absolute atomic E-state index is 0.000772. The summed E-state index contributed by atoms with van der Waals surface area (Å²) in [5.41, 5.74) is 2.24. The maximum atomic E-state index is 12.0. The summed E-state index contributed by atoms with van der Waals surface area (Å²) in [5.74, 6) is 5.28. The van der Waals surface area contributed by atoms with Crippen molar-refractivity contribution in [1.29, 1.82) is 0 Å². The monoisotopic (exact) mass is 315 g/mol. The molecule has 4 N–H and O–H groups in total. The van der Waals surface area contributed by atoms with E-state index in [4.69, 9.17) is 10.6 Å². The SMILES string of the molecule is NNc1ncc(S(=O)(=O)NCCOC2CCCCC2)cn1. The van der Waals surface area contributed by atoms with Crippen LogP contribution in [-0.2, 0) is 14.8 Å². The van der Waals surface area contributed by atoms with Crippen molar-refractivity contribution in [3.8, 4) is 0 Å². The van der Waals surface area contributed by atoms with Crippen molar-refractivity contribution in [2.24, 2.45) is 5.84 Å². The lowest BCUT2D eigenvalue weighted by molar-refractivity contribution is 0.0321. The van der Waals surface area contributed by atoms with E-state index in [9.17, 15) is 8.42 Å². The second-order valence-corrected chi connectivity index (χ2v) is 6.68. The molecule has 1 aromatic heterocycles. The first-order valence-corrected chi connectivity index (χ1v) is 8.50. The van der Waals surface area contributed by atoms with Crippen molar-refractivity contribution in [2.75, 3.05) is 18.6 Å². The number of nitrogens with one attached hydrogen (secondary N) is 2. The Morgan fingerprint density at radius 2 is 1.90 bits per heavy atom. The highest BCUT2D eigenvalue weighted by atomic mass is 32.2. The van der Waals surface area contributed by atoms with Gasteiger partial charge in [-0.3, -0.25) is 5.43 Å². The fraction of sp³-hybridized carbons (Fsp3) is 0.667. The van der Waals surface area contributed by atoms with Gasteiger partial charge in [0.05, 0.1) is 25.1 Å². The van der Waals surface area contributed by atoms with Crippen LogP contribution in [0.2, 0.25) is 0 Å². The fourth-order valence-electron chi connectivity index (χ4n) is 2.25. The van der Waals surface area contributed by atoms with E-state index < -0.39 is 10.0 Å². The third-order valence-electron chi connectivity index (χ3n) is 3.37. The number of aromatic nitrogens is 2.